The lowest BCUT2D eigenvalue weighted by Crippen LogP contribution is -2.30. The minimum atomic E-state index is -1.06. The molecule has 0 spiro atoms. The maximum atomic E-state index is 14.5. The number of methoxy groups -OCH3 is 1. The lowest BCUT2D eigenvalue weighted by molar-refractivity contribution is -0.123. The summed E-state index contributed by atoms with van der Waals surface area (Å²) in [5.74, 6) is -0.753. The highest BCUT2D eigenvalue weighted by Gasteiger charge is 2.30. The van der Waals surface area contributed by atoms with E-state index in [4.69, 9.17) is 9.47 Å². The average Bonchev–Trinajstić information content (AvgIpc) is 3.73. The third-order valence-corrected chi connectivity index (χ3v) is 10.9. The third-order valence-electron chi connectivity index (χ3n) is 10.9. The molecule has 5 aromatic carbocycles. The predicted octanol–water partition coefficient (Wildman–Crippen LogP) is 7.50. The maximum Gasteiger partial charge on any atom is 0.164 e. The zero-order chi connectivity index (χ0) is 41.2. The molecular weight excluding hydrogens is 733 g/mol. The Balaban J connectivity index is 1.31. The van der Waals surface area contributed by atoms with Crippen LogP contribution in [0.25, 0.3) is 10.8 Å². The van der Waals surface area contributed by atoms with Crippen molar-refractivity contribution in [2.24, 2.45) is 5.92 Å². The van der Waals surface area contributed by atoms with E-state index in [9.17, 15) is 30.3 Å². The van der Waals surface area contributed by atoms with Crippen molar-refractivity contribution < 1.29 is 39.8 Å². The molecule has 7 N–H and O–H groups in total. The third kappa shape index (κ3) is 10.4. The molecule has 0 amide bonds. The van der Waals surface area contributed by atoms with Crippen LogP contribution in [0.5, 0.6) is 28.7 Å². The van der Waals surface area contributed by atoms with Gasteiger partial charge < -0.3 is 40.0 Å². The van der Waals surface area contributed by atoms with Crippen molar-refractivity contribution in [2.75, 3.05) is 20.4 Å². The molecule has 0 aliphatic rings. The lowest BCUT2D eigenvalue weighted by Gasteiger charge is -2.27. The van der Waals surface area contributed by atoms with Crippen LogP contribution in [-0.4, -0.2) is 68.9 Å². The first-order chi connectivity index (χ1) is 28.0. The van der Waals surface area contributed by atoms with Crippen molar-refractivity contribution in [2.45, 2.75) is 70.5 Å². The van der Waals surface area contributed by atoms with Gasteiger partial charge in [0.05, 0.1) is 19.3 Å². The maximum absolute atomic E-state index is 14.5. The lowest BCUT2D eigenvalue weighted by atomic mass is 9.80. The van der Waals surface area contributed by atoms with Gasteiger partial charge in [-0.2, -0.15) is 0 Å². The molecule has 0 bridgehead atoms. The molecule has 0 fully saturated rings. The Labute approximate surface area is 339 Å². The van der Waals surface area contributed by atoms with Crippen molar-refractivity contribution in [3.8, 4) is 28.7 Å². The molecule has 10 nitrogen and oxygen atoms in total. The largest absolute Gasteiger partial charge is 0.508 e. The number of ketones is 1. The number of phenolic OH excluding ortho intramolecular Hbond substituents is 3. The van der Waals surface area contributed by atoms with Crippen LogP contribution < -0.4 is 14.8 Å². The van der Waals surface area contributed by atoms with Crippen LogP contribution in [0.15, 0.2) is 109 Å². The number of H-pyrrole nitrogens is 1. The number of aliphatic hydroxyl groups excluding tert-OH is 2. The van der Waals surface area contributed by atoms with Crippen LogP contribution >= 0.6 is 0 Å². The summed E-state index contributed by atoms with van der Waals surface area (Å²) in [6.45, 7) is 4.15. The molecule has 304 valence electrons. The second-order valence-corrected chi connectivity index (χ2v) is 15.1. The van der Waals surface area contributed by atoms with E-state index < -0.39 is 24.0 Å². The highest BCUT2D eigenvalue weighted by atomic mass is 16.5. The van der Waals surface area contributed by atoms with Gasteiger partial charge >= 0.3 is 0 Å². The zero-order valence-electron chi connectivity index (χ0n) is 33.3. The molecule has 4 unspecified atom stereocenters. The van der Waals surface area contributed by atoms with E-state index in [0.29, 0.717) is 42.7 Å². The van der Waals surface area contributed by atoms with Gasteiger partial charge in [0.15, 0.2) is 23.0 Å². The summed E-state index contributed by atoms with van der Waals surface area (Å²) in [5.41, 5.74) is 6.37. The molecule has 1 aromatic heterocycles. The van der Waals surface area contributed by atoms with Crippen LogP contribution in [0.4, 0.5) is 0 Å². The van der Waals surface area contributed by atoms with Crippen molar-refractivity contribution in [1.82, 2.24) is 10.3 Å². The number of aromatic nitrogens is 1. The second-order valence-electron chi connectivity index (χ2n) is 15.1. The summed E-state index contributed by atoms with van der Waals surface area (Å²) < 4.78 is 11.6. The van der Waals surface area contributed by atoms with Gasteiger partial charge in [0, 0.05) is 43.3 Å². The summed E-state index contributed by atoms with van der Waals surface area (Å²) in [5, 5.41) is 58.9. The molecule has 0 aliphatic heterocycles. The van der Waals surface area contributed by atoms with Crippen LogP contribution in [0, 0.1) is 5.92 Å². The monoisotopic (exact) mass is 786 g/mol. The number of nitrogens with one attached hydrogen (secondary N) is 2. The fourth-order valence-electron chi connectivity index (χ4n) is 7.89. The van der Waals surface area contributed by atoms with Crippen molar-refractivity contribution >= 4 is 16.6 Å². The normalized spacial score (nSPS) is 13.5. The molecule has 1 heterocycles. The Morgan fingerprint density at radius 1 is 0.810 bits per heavy atom. The summed E-state index contributed by atoms with van der Waals surface area (Å²) >= 11 is 0. The number of hydrogen-bond acceptors (Lipinski definition) is 9. The highest BCUT2D eigenvalue weighted by molar-refractivity contribution is 5.88. The zero-order valence-corrected chi connectivity index (χ0v) is 33.3. The smallest absolute Gasteiger partial charge is 0.164 e. The molecule has 10 heteroatoms. The van der Waals surface area contributed by atoms with Gasteiger partial charge in [-0.25, -0.2) is 0 Å². The minimum absolute atomic E-state index is 0.0197. The molecule has 6 aromatic rings. The quantitative estimate of drug-likeness (QED) is 0.0307. The van der Waals surface area contributed by atoms with Gasteiger partial charge in [-0.15, -0.1) is 0 Å². The van der Waals surface area contributed by atoms with E-state index in [1.54, 1.807) is 56.5 Å². The average molecular weight is 787 g/mol. The number of aromatic hydroxyl groups is 3. The number of Topliss-reactive ketones (excluding diaryl/α,β-unsaturated/α-hetero) is 1. The van der Waals surface area contributed by atoms with Crippen molar-refractivity contribution in [3.05, 3.63) is 148 Å². The van der Waals surface area contributed by atoms with Gasteiger partial charge in [-0.05, 0) is 119 Å². The molecule has 4 atom stereocenters. The van der Waals surface area contributed by atoms with Crippen molar-refractivity contribution in [1.29, 1.82) is 0 Å². The van der Waals surface area contributed by atoms with Crippen molar-refractivity contribution in [3.63, 3.8) is 0 Å². The van der Waals surface area contributed by atoms with Crippen LogP contribution in [0.1, 0.15) is 65.1 Å². The highest BCUT2D eigenvalue weighted by Crippen LogP contribution is 2.39. The molecule has 0 radical (unpaired) electrons. The first kappa shape index (κ1) is 41.8. The van der Waals surface area contributed by atoms with E-state index in [1.807, 2.05) is 36.7 Å². The Bertz CT molecular complexity index is 2290. The van der Waals surface area contributed by atoms with E-state index in [1.165, 1.54) is 11.6 Å². The topological polar surface area (TPSA) is 164 Å². The first-order valence-electron chi connectivity index (χ1n) is 19.9. The Morgan fingerprint density at radius 2 is 1.60 bits per heavy atom. The molecule has 58 heavy (non-hydrogen) atoms. The van der Waals surface area contributed by atoms with Crippen LogP contribution in [0.3, 0.4) is 0 Å². The molecule has 0 aliphatic carbocycles. The first-order valence-corrected chi connectivity index (χ1v) is 19.9. The number of aliphatic hydroxyl groups is 2. The van der Waals surface area contributed by atoms with Gasteiger partial charge in [0.1, 0.15) is 18.3 Å². The van der Waals surface area contributed by atoms with E-state index in [2.05, 4.69) is 41.5 Å². The fourth-order valence-corrected chi connectivity index (χ4v) is 7.89. The number of aryl methyl sites for hydroxylation is 1. The second kappa shape index (κ2) is 19.6. The standard InChI is InChI=1S/C48H54N2O8/c1-4-33-13-14-34-8-5-6-11-39(34)40(33)25-42-36(15-17-44(54)48(42)57-3)23-37(20-32-18-19-49-28-32)45(55)26-46(56)41(35-9-7-10-38(52)24-35)21-31-12-16-43(53)47(22-31)58-29-50-27-30(2)51/h5-19,22,24,28,30,37,41,45,49-55H,4,20-21,23,25-27,29H2,1-3H3. The van der Waals surface area contributed by atoms with E-state index in [-0.39, 0.29) is 48.4 Å². The molecular formula is C48H54N2O8. The number of fused-ring (bicyclic) bond motifs is 1. The molecule has 0 saturated heterocycles. The molecule has 0 saturated carbocycles. The SMILES string of the molecule is CCc1ccc2ccccc2c1Cc1c(CC(Cc2cc[nH]c2)C(O)CC(=O)C(Cc2ccc(O)c(OCNCC(C)O)c2)c2cccc(O)c2)ccc(O)c1OC. The summed E-state index contributed by atoms with van der Waals surface area (Å²) in [4.78, 5) is 17.6. The number of hydrogen-bond donors (Lipinski definition) is 7. The number of carbonyl (C=O) groups excluding carboxylic acids is 1. The fraction of sp³-hybridized carbons (Fsp3) is 0.312. The van der Waals surface area contributed by atoms with Gasteiger partial charge in [-0.3, -0.25) is 10.1 Å². The summed E-state index contributed by atoms with van der Waals surface area (Å²) in [6, 6.07) is 29.5. The molecule has 6 rings (SSSR count). The number of rotatable bonds is 20. The van der Waals surface area contributed by atoms with Gasteiger partial charge in [0.25, 0.3) is 0 Å². The Morgan fingerprint density at radius 3 is 2.34 bits per heavy atom. The number of phenols is 3. The van der Waals surface area contributed by atoms with Gasteiger partial charge in [-0.1, -0.05) is 67.6 Å². The summed E-state index contributed by atoms with van der Waals surface area (Å²) in [6.07, 6.45) is 4.37. The number of benzene rings is 5. The van der Waals surface area contributed by atoms with E-state index >= 15 is 0 Å². The van der Waals surface area contributed by atoms with Crippen LogP contribution in [-0.2, 0) is 36.9 Å². The number of carbonyl (C=O) groups is 1. The number of aromatic amines is 1. The minimum Gasteiger partial charge on any atom is -0.508 e. The number of ether oxygens (including phenoxy) is 2. The van der Waals surface area contributed by atoms with Gasteiger partial charge in [0.2, 0.25) is 0 Å². The summed E-state index contributed by atoms with van der Waals surface area (Å²) in [7, 11) is 1.55. The Hall–Kier alpha value is -5.81. The van der Waals surface area contributed by atoms with E-state index in [0.717, 1.165) is 39.4 Å². The predicted molar refractivity (Wildman–Crippen MR) is 226 cm³/mol. The van der Waals surface area contributed by atoms with Crippen LogP contribution in [0.2, 0.25) is 0 Å². The Kier molecular flexibility index (Phi) is 14.1.